The number of hydrogen-bond acceptors (Lipinski definition) is 6. The maximum absolute atomic E-state index is 13.7. The summed E-state index contributed by atoms with van der Waals surface area (Å²) in [4.78, 5) is 43.4. The minimum Gasteiger partial charge on any atom is -0.465 e. The van der Waals surface area contributed by atoms with Crippen LogP contribution in [-0.4, -0.2) is 36.6 Å². The molecule has 3 aromatic rings. The number of ether oxygens (including phenoxy) is 2. The molecule has 0 radical (unpaired) electrons. The normalized spacial score (nSPS) is 17.4. The van der Waals surface area contributed by atoms with Crippen LogP contribution in [-0.2, 0) is 16.1 Å². The smallest absolute Gasteiger partial charge is 0.337 e. The predicted octanol–water partition coefficient (Wildman–Crippen LogP) is 3.36. The Bertz CT molecular complexity index is 1220. The highest BCUT2D eigenvalue weighted by atomic mass is 19.1. The van der Waals surface area contributed by atoms with Crippen LogP contribution in [0.2, 0.25) is 0 Å². The molecule has 3 heterocycles. The molecule has 0 aliphatic carbocycles. The van der Waals surface area contributed by atoms with E-state index in [1.165, 1.54) is 7.11 Å². The highest BCUT2D eigenvalue weighted by Gasteiger charge is 2.41. The number of esters is 1. The van der Waals surface area contributed by atoms with Crippen molar-refractivity contribution in [3.8, 4) is 0 Å². The lowest BCUT2D eigenvalue weighted by Crippen LogP contribution is -2.31. The SMILES string of the molecule is COC(=O)c1ccc2nc(N3C(=O)c4ccccc4C3=O)c3c(c2c1)COC3CF. The zero-order valence-electron chi connectivity index (χ0n) is 15.8. The van der Waals surface area contributed by atoms with Gasteiger partial charge in [0.05, 0.1) is 35.9 Å². The molecule has 30 heavy (non-hydrogen) atoms. The molecule has 0 fully saturated rings. The number of alkyl halides is 1. The number of rotatable bonds is 3. The lowest BCUT2D eigenvalue weighted by atomic mass is 9.99. The largest absolute Gasteiger partial charge is 0.465 e. The van der Waals surface area contributed by atoms with E-state index in [1.807, 2.05) is 0 Å². The summed E-state index contributed by atoms with van der Waals surface area (Å²) in [6.45, 7) is -0.767. The molecule has 0 N–H and O–H groups in total. The standard InChI is InChI=1S/C22H15FN2O5/c1-29-22(28)11-6-7-16-14(8-11)15-10-30-17(9-23)18(15)19(24-16)25-20(26)12-4-2-3-5-13(12)21(25)27/h2-8,17H,9-10H2,1H3. The van der Waals surface area contributed by atoms with Crippen molar-refractivity contribution in [3.63, 3.8) is 0 Å². The fourth-order valence-electron chi connectivity index (χ4n) is 4.01. The molecule has 0 saturated carbocycles. The number of methoxy groups -OCH3 is 1. The molecule has 0 spiro atoms. The number of halogens is 1. The summed E-state index contributed by atoms with van der Waals surface area (Å²) in [7, 11) is 1.28. The van der Waals surface area contributed by atoms with Crippen LogP contribution >= 0.6 is 0 Å². The Kier molecular flexibility index (Phi) is 4.11. The molecule has 7 nitrogen and oxygen atoms in total. The zero-order valence-corrected chi connectivity index (χ0v) is 15.8. The molecule has 8 heteroatoms. The number of hydrogen-bond donors (Lipinski definition) is 0. The molecule has 1 aromatic heterocycles. The van der Waals surface area contributed by atoms with Gasteiger partial charge in [-0.3, -0.25) is 9.59 Å². The zero-order chi connectivity index (χ0) is 21.0. The fraction of sp³-hybridized carbons (Fsp3) is 0.182. The van der Waals surface area contributed by atoms with E-state index in [2.05, 4.69) is 4.98 Å². The molecule has 2 amide bonds. The van der Waals surface area contributed by atoms with Crippen LogP contribution in [0, 0.1) is 0 Å². The van der Waals surface area contributed by atoms with Crippen molar-refractivity contribution in [3.05, 3.63) is 70.3 Å². The third kappa shape index (κ3) is 2.47. The Morgan fingerprint density at radius 3 is 2.53 bits per heavy atom. The fourth-order valence-corrected chi connectivity index (χ4v) is 4.01. The van der Waals surface area contributed by atoms with Crippen molar-refractivity contribution < 1.29 is 28.2 Å². The molecule has 1 atom stereocenters. The van der Waals surface area contributed by atoms with Crippen molar-refractivity contribution in [1.82, 2.24) is 4.98 Å². The summed E-state index contributed by atoms with van der Waals surface area (Å²) >= 11 is 0. The molecule has 1 unspecified atom stereocenters. The molecule has 2 aliphatic heterocycles. The summed E-state index contributed by atoms with van der Waals surface area (Å²) < 4.78 is 24.1. The average Bonchev–Trinajstić information content (AvgIpc) is 3.32. The summed E-state index contributed by atoms with van der Waals surface area (Å²) in [6, 6.07) is 11.2. The molecule has 0 saturated heterocycles. The van der Waals surface area contributed by atoms with Gasteiger partial charge in [0.1, 0.15) is 18.6 Å². The van der Waals surface area contributed by atoms with Gasteiger partial charge in [-0.25, -0.2) is 19.1 Å². The van der Waals surface area contributed by atoms with Gasteiger partial charge in [0, 0.05) is 10.9 Å². The molecule has 0 bridgehead atoms. The van der Waals surface area contributed by atoms with Gasteiger partial charge in [-0.2, -0.15) is 0 Å². The number of fused-ring (bicyclic) bond motifs is 4. The average molecular weight is 406 g/mol. The van der Waals surface area contributed by atoms with Crippen LogP contribution in [0.4, 0.5) is 10.2 Å². The number of nitrogens with zero attached hydrogens (tertiary/aromatic N) is 2. The third-order valence-electron chi connectivity index (χ3n) is 5.43. The van der Waals surface area contributed by atoms with Crippen molar-refractivity contribution in [1.29, 1.82) is 0 Å². The second kappa shape index (κ2) is 6.70. The van der Waals surface area contributed by atoms with Crippen LogP contribution in [0.15, 0.2) is 42.5 Å². The van der Waals surface area contributed by atoms with E-state index in [0.717, 1.165) is 4.90 Å². The maximum atomic E-state index is 13.7. The topological polar surface area (TPSA) is 85.8 Å². The van der Waals surface area contributed by atoms with Crippen molar-refractivity contribution in [2.24, 2.45) is 0 Å². The number of imide groups is 1. The molecule has 2 aliphatic rings. The molecular formula is C22H15FN2O5. The maximum Gasteiger partial charge on any atom is 0.337 e. The number of anilines is 1. The van der Waals surface area contributed by atoms with Gasteiger partial charge in [0.25, 0.3) is 11.8 Å². The number of carbonyl (C=O) groups excluding carboxylic acids is 3. The van der Waals surface area contributed by atoms with Gasteiger partial charge in [0.15, 0.2) is 0 Å². The Balaban J connectivity index is 1.75. The van der Waals surface area contributed by atoms with Gasteiger partial charge < -0.3 is 9.47 Å². The van der Waals surface area contributed by atoms with Crippen LogP contribution in [0.1, 0.15) is 48.3 Å². The number of benzene rings is 2. The molecule has 150 valence electrons. The number of aromatic nitrogens is 1. The Morgan fingerprint density at radius 2 is 1.90 bits per heavy atom. The first kappa shape index (κ1) is 18.4. The lowest BCUT2D eigenvalue weighted by molar-refractivity contribution is 0.0481. The minimum absolute atomic E-state index is 0.0645. The first-order valence-corrected chi connectivity index (χ1v) is 9.25. The lowest BCUT2D eigenvalue weighted by Gasteiger charge is -2.20. The Labute approximate surface area is 170 Å². The highest BCUT2D eigenvalue weighted by molar-refractivity contribution is 6.34. The van der Waals surface area contributed by atoms with E-state index in [9.17, 15) is 18.8 Å². The van der Waals surface area contributed by atoms with E-state index in [1.54, 1.807) is 42.5 Å². The second-order valence-electron chi connectivity index (χ2n) is 7.00. The molecular weight excluding hydrogens is 391 g/mol. The Hall–Kier alpha value is -3.65. The van der Waals surface area contributed by atoms with Gasteiger partial charge in [-0.15, -0.1) is 0 Å². The summed E-state index contributed by atoms with van der Waals surface area (Å²) in [5.74, 6) is -1.48. The monoisotopic (exact) mass is 406 g/mol. The predicted molar refractivity (Wildman–Crippen MR) is 104 cm³/mol. The number of carbonyl (C=O) groups is 3. The number of amides is 2. The molecule has 2 aromatic carbocycles. The van der Waals surface area contributed by atoms with E-state index in [0.29, 0.717) is 27.6 Å². The first-order valence-electron chi connectivity index (χ1n) is 9.25. The molecule has 5 rings (SSSR count). The first-order chi connectivity index (χ1) is 14.5. The summed E-state index contributed by atoms with van der Waals surface area (Å²) in [5.41, 5.74) is 2.26. The van der Waals surface area contributed by atoms with Gasteiger partial charge in [-0.05, 0) is 35.9 Å². The summed E-state index contributed by atoms with van der Waals surface area (Å²) in [6.07, 6.45) is -0.960. The minimum atomic E-state index is -0.960. The van der Waals surface area contributed by atoms with Crippen LogP contribution in [0.5, 0.6) is 0 Å². The summed E-state index contributed by atoms with van der Waals surface area (Å²) in [5, 5.41) is 0.587. The van der Waals surface area contributed by atoms with Crippen LogP contribution in [0.3, 0.4) is 0 Å². The van der Waals surface area contributed by atoms with Crippen molar-refractivity contribution in [2.75, 3.05) is 18.7 Å². The van der Waals surface area contributed by atoms with Gasteiger partial charge >= 0.3 is 5.97 Å². The Morgan fingerprint density at radius 1 is 1.20 bits per heavy atom. The van der Waals surface area contributed by atoms with Gasteiger partial charge in [-0.1, -0.05) is 12.1 Å². The van der Waals surface area contributed by atoms with Crippen molar-refractivity contribution >= 4 is 34.5 Å². The highest BCUT2D eigenvalue weighted by Crippen LogP contribution is 2.43. The van der Waals surface area contributed by atoms with E-state index >= 15 is 0 Å². The van der Waals surface area contributed by atoms with Crippen molar-refractivity contribution in [2.45, 2.75) is 12.7 Å². The third-order valence-corrected chi connectivity index (χ3v) is 5.43. The van der Waals surface area contributed by atoms with Crippen LogP contribution < -0.4 is 4.90 Å². The quantitative estimate of drug-likeness (QED) is 0.490. The number of pyridine rings is 1. The van der Waals surface area contributed by atoms with Gasteiger partial charge in [0.2, 0.25) is 0 Å². The second-order valence-corrected chi connectivity index (χ2v) is 7.00. The van der Waals surface area contributed by atoms with Crippen LogP contribution in [0.25, 0.3) is 10.9 Å². The van der Waals surface area contributed by atoms with E-state index < -0.39 is 30.6 Å². The van der Waals surface area contributed by atoms with E-state index in [4.69, 9.17) is 9.47 Å². The van der Waals surface area contributed by atoms with E-state index in [-0.39, 0.29) is 23.6 Å².